The minimum Gasteiger partial charge on any atom is -0.439 e. The number of ether oxygens (including phenoxy) is 1. The molecule has 2 rings (SSSR count). The van der Waals surface area contributed by atoms with E-state index in [-0.39, 0.29) is 16.6 Å². The summed E-state index contributed by atoms with van der Waals surface area (Å²) in [5.41, 5.74) is 2.19. The van der Waals surface area contributed by atoms with Crippen molar-refractivity contribution in [1.82, 2.24) is 4.98 Å². The van der Waals surface area contributed by atoms with Gasteiger partial charge in [-0.3, -0.25) is 0 Å². The molecular formula is C19H24FNO. The highest BCUT2D eigenvalue weighted by molar-refractivity contribution is 5.45. The molecule has 0 aliphatic heterocycles. The van der Waals surface area contributed by atoms with Crippen LogP contribution in [-0.2, 0) is 10.8 Å². The summed E-state index contributed by atoms with van der Waals surface area (Å²) in [5, 5.41) is 0. The standard InChI is InChI=1S/C19H24FNO/c1-18(2,3)15-11-12-21-17(16(15)19(4,5)6)22-14-9-7-13(20)8-10-14/h7-12H,1-6H3. The maximum absolute atomic E-state index is 13.0. The first-order valence-corrected chi connectivity index (χ1v) is 7.52. The minimum absolute atomic E-state index is 0.00748. The maximum Gasteiger partial charge on any atom is 0.223 e. The summed E-state index contributed by atoms with van der Waals surface area (Å²) in [7, 11) is 0. The highest BCUT2D eigenvalue weighted by atomic mass is 19.1. The molecule has 0 aliphatic rings. The number of hydrogen-bond donors (Lipinski definition) is 0. The Balaban J connectivity index is 2.54. The second-order valence-corrected chi connectivity index (χ2v) is 7.59. The van der Waals surface area contributed by atoms with E-state index in [1.807, 2.05) is 0 Å². The Kier molecular flexibility index (Phi) is 4.28. The highest BCUT2D eigenvalue weighted by Crippen LogP contribution is 2.39. The molecular weight excluding hydrogens is 277 g/mol. The van der Waals surface area contributed by atoms with Crippen molar-refractivity contribution in [3.05, 3.63) is 53.5 Å². The van der Waals surface area contributed by atoms with Crippen molar-refractivity contribution < 1.29 is 9.13 Å². The quantitative estimate of drug-likeness (QED) is 0.719. The van der Waals surface area contributed by atoms with Crippen LogP contribution in [0.4, 0.5) is 4.39 Å². The molecule has 22 heavy (non-hydrogen) atoms. The lowest BCUT2D eigenvalue weighted by Crippen LogP contribution is -2.23. The monoisotopic (exact) mass is 301 g/mol. The van der Waals surface area contributed by atoms with Gasteiger partial charge in [0.2, 0.25) is 5.88 Å². The predicted octanol–water partition coefficient (Wildman–Crippen LogP) is 5.61. The normalized spacial score (nSPS) is 12.3. The number of nitrogens with zero attached hydrogens (tertiary/aromatic N) is 1. The molecule has 0 fully saturated rings. The average molecular weight is 301 g/mol. The SMILES string of the molecule is CC(C)(C)c1ccnc(Oc2ccc(F)cc2)c1C(C)(C)C. The summed E-state index contributed by atoms with van der Waals surface area (Å²) in [4.78, 5) is 4.42. The predicted molar refractivity (Wildman–Crippen MR) is 88.1 cm³/mol. The van der Waals surface area contributed by atoms with Crippen LogP contribution in [0, 0.1) is 5.82 Å². The topological polar surface area (TPSA) is 22.1 Å². The van der Waals surface area contributed by atoms with Gasteiger partial charge in [-0.15, -0.1) is 0 Å². The lowest BCUT2D eigenvalue weighted by molar-refractivity contribution is 0.425. The molecule has 0 radical (unpaired) electrons. The fraction of sp³-hybridized carbons (Fsp3) is 0.421. The zero-order valence-electron chi connectivity index (χ0n) is 14.2. The van der Waals surface area contributed by atoms with Gasteiger partial charge in [-0.25, -0.2) is 9.37 Å². The number of hydrogen-bond acceptors (Lipinski definition) is 2. The van der Waals surface area contributed by atoms with Gasteiger partial charge in [0, 0.05) is 11.8 Å². The first kappa shape index (κ1) is 16.5. The summed E-state index contributed by atoms with van der Waals surface area (Å²) >= 11 is 0. The van der Waals surface area contributed by atoms with Gasteiger partial charge in [0.25, 0.3) is 0 Å². The lowest BCUT2D eigenvalue weighted by atomic mass is 9.76. The minimum atomic E-state index is -0.278. The van der Waals surface area contributed by atoms with Gasteiger partial charge in [0.05, 0.1) is 0 Å². The van der Waals surface area contributed by atoms with Gasteiger partial charge in [-0.2, -0.15) is 0 Å². The Morgan fingerprint density at radius 3 is 1.95 bits per heavy atom. The number of halogens is 1. The molecule has 0 bridgehead atoms. The summed E-state index contributed by atoms with van der Waals surface area (Å²) in [5.74, 6) is 0.900. The summed E-state index contributed by atoms with van der Waals surface area (Å²) in [6.45, 7) is 13.0. The molecule has 1 aromatic heterocycles. The molecule has 0 saturated carbocycles. The molecule has 0 unspecified atom stereocenters. The lowest BCUT2D eigenvalue weighted by Gasteiger charge is -2.31. The molecule has 2 aromatic rings. The van der Waals surface area contributed by atoms with Gasteiger partial charge >= 0.3 is 0 Å². The first-order valence-electron chi connectivity index (χ1n) is 7.52. The third-order valence-electron chi connectivity index (χ3n) is 3.50. The summed E-state index contributed by atoms with van der Waals surface area (Å²) < 4.78 is 19.0. The van der Waals surface area contributed by atoms with E-state index in [0.29, 0.717) is 11.6 Å². The average Bonchev–Trinajstić information content (AvgIpc) is 2.39. The molecule has 1 aromatic carbocycles. The fourth-order valence-corrected chi connectivity index (χ4v) is 2.48. The molecule has 0 atom stereocenters. The molecule has 1 heterocycles. The molecule has 0 aliphatic carbocycles. The second kappa shape index (κ2) is 5.71. The number of rotatable bonds is 2. The second-order valence-electron chi connectivity index (χ2n) is 7.59. The van der Waals surface area contributed by atoms with Gasteiger partial charge < -0.3 is 4.74 Å². The van der Waals surface area contributed by atoms with Crippen LogP contribution in [0.15, 0.2) is 36.5 Å². The van der Waals surface area contributed by atoms with E-state index in [1.165, 1.54) is 17.7 Å². The van der Waals surface area contributed by atoms with Gasteiger partial charge in [-0.05, 0) is 46.7 Å². The Morgan fingerprint density at radius 2 is 1.45 bits per heavy atom. The Morgan fingerprint density at radius 1 is 0.864 bits per heavy atom. The largest absolute Gasteiger partial charge is 0.439 e. The van der Waals surface area contributed by atoms with Crippen LogP contribution in [0.5, 0.6) is 11.6 Å². The smallest absolute Gasteiger partial charge is 0.223 e. The van der Waals surface area contributed by atoms with Gasteiger partial charge in [0.1, 0.15) is 11.6 Å². The van der Waals surface area contributed by atoms with E-state index >= 15 is 0 Å². The summed E-state index contributed by atoms with van der Waals surface area (Å²) in [6.07, 6.45) is 1.77. The van der Waals surface area contributed by atoms with Crippen LogP contribution in [-0.4, -0.2) is 4.98 Å². The zero-order valence-corrected chi connectivity index (χ0v) is 14.2. The molecule has 3 heteroatoms. The number of benzene rings is 1. The van der Waals surface area contributed by atoms with E-state index in [1.54, 1.807) is 18.3 Å². The van der Waals surface area contributed by atoms with Crippen molar-refractivity contribution in [2.45, 2.75) is 52.4 Å². The van der Waals surface area contributed by atoms with Crippen LogP contribution in [0.1, 0.15) is 52.7 Å². The van der Waals surface area contributed by atoms with Crippen molar-refractivity contribution in [2.75, 3.05) is 0 Å². The van der Waals surface area contributed by atoms with Crippen LogP contribution < -0.4 is 4.74 Å². The molecule has 2 nitrogen and oxygen atoms in total. The van der Waals surface area contributed by atoms with Crippen molar-refractivity contribution in [2.24, 2.45) is 0 Å². The van der Waals surface area contributed by atoms with Crippen molar-refractivity contribution >= 4 is 0 Å². The van der Waals surface area contributed by atoms with Crippen LogP contribution in [0.25, 0.3) is 0 Å². The molecule has 0 N–H and O–H groups in total. The first-order chi connectivity index (χ1) is 10.1. The van der Waals surface area contributed by atoms with E-state index in [4.69, 9.17) is 4.74 Å². The summed E-state index contributed by atoms with van der Waals surface area (Å²) in [6, 6.07) is 8.07. The van der Waals surface area contributed by atoms with Gasteiger partial charge in [0.15, 0.2) is 0 Å². The highest BCUT2D eigenvalue weighted by Gasteiger charge is 2.29. The molecule has 0 spiro atoms. The number of pyridine rings is 1. The van der Waals surface area contributed by atoms with Crippen molar-refractivity contribution in [3.63, 3.8) is 0 Å². The van der Waals surface area contributed by atoms with Crippen LogP contribution >= 0.6 is 0 Å². The molecule has 118 valence electrons. The third-order valence-corrected chi connectivity index (χ3v) is 3.50. The van der Waals surface area contributed by atoms with E-state index in [2.05, 4.69) is 52.6 Å². The van der Waals surface area contributed by atoms with E-state index < -0.39 is 0 Å². The van der Waals surface area contributed by atoms with Gasteiger partial charge in [-0.1, -0.05) is 41.5 Å². The van der Waals surface area contributed by atoms with E-state index in [9.17, 15) is 4.39 Å². The maximum atomic E-state index is 13.0. The third kappa shape index (κ3) is 3.65. The molecule has 0 saturated heterocycles. The van der Waals surface area contributed by atoms with Crippen molar-refractivity contribution in [1.29, 1.82) is 0 Å². The number of aromatic nitrogens is 1. The Hall–Kier alpha value is -1.90. The van der Waals surface area contributed by atoms with Crippen molar-refractivity contribution in [3.8, 4) is 11.6 Å². The Labute approximate surface area is 132 Å². The zero-order chi connectivity index (χ0) is 16.5. The van der Waals surface area contributed by atoms with E-state index in [0.717, 1.165) is 5.56 Å². The van der Waals surface area contributed by atoms with Crippen LogP contribution in [0.3, 0.4) is 0 Å². The molecule has 0 amide bonds. The van der Waals surface area contributed by atoms with Crippen LogP contribution in [0.2, 0.25) is 0 Å². The fourth-order valence-electron chi connectivity index (χ4n) is 2.48. The Bertz CT molecular complexity index is 649.